The van der Waals surface area contributed by atoms with Gasteiger partial charge in [0.1, 0.15) is 0 Å². The van der Waals surface area contributed by atoms with Crippen molar-refractivity contribution in [2.75, 3.05) is 5.32 Å². The number of para-hydroxylation sites is 1. The van der Waals surface area contributed by atoms with E-state index in [1.165, 1.54) is 0 Å². The summed E-state index contributed by atoms with van der Waals surface area (Å²) in [4.78, 5) is 11.9. The summed E-state index contributed by atoms with van der Waals surface area (Å²) in [5.41, 5.74) is 5.16. The van der Waals surface area contributed by atoms with E-state index < -0.39 is 6.03 Å². The van der Waals surface area contributed by atoms with Crippen molar-refractivity contribution in [2.24, 2.45) is 5.10 Å². The molecule has 2 aromatic carbocycles. The third kappa shape index (κ3) is 3.58. The van der Waals surface area contributed by atoms with Crippen LogP contribution in [0.25, 0.3) is 10.9 Å². The molecule has 1 aromatic heterocycles. The van der Waals surface area contributed by atoms with E-state index in [-0.39, 0.29) is 0 Å². The van der Waals surface area contributed by atoms with Gasteiger partial charge < -0.3 is 9.88 Å². The van der Waals surface area contributed by atoms with Gasteiger partial charge in [-0.3, -0.25) is 0 Å². The predicted molar refractivity (Wildman–Crippen MR) is 98.8 cm³/mol. The quantitative estimate of drug-likeness (QED) is 0.534. The number of hydrogen-bond acceptors (Lipinski definition) is 2. The van der Waals surface area contributed by atoms with Crippen molar-refractivity contribution in [1.82, 2.24) is 9.99 Å². The van der Waals surface area contributed by atoms with Crippen LogP contribution in [0.3, 0.4) is 0 Å². The first kappa shape index (κ1) is 16.1. The zero-order valence-electron chi connectivity index (χ0n) is 13.2. The summed E-state index contributed by atoms with van der Waals surface area (Å²) in [6.45, 7) is 2.96. The number of hydrogen-bond donors (Lipinski definition) is 2. The minimum absolute atomic E-state index is 0.423. The molecule has 0 aliphatic rings. The van der Waals surface area contributed by atoms with Gasteiger partial charge in [0.2, 0.25) is 0 Å². The summed E-state index contributed by atoms with van der Waals surface area (Å²) in [5, 5.41) is 8.35. The summed E-state index contributed by atoms with van der Waals surface area (Å²) in [5.74, 6) is 0. The van der Waals surface area contributed by atoms with Crippen LogP contribution in [0.5, 0.6) is 0 Å². The number of anilines is 1. The molecule has 5 nitrogen and oxygen atoms in total. The summed E-state index contributed by atoms with van der Waals surface area (Å²) >= 11 is 5.88. The van der Waals surface area contributed by atoms with Crippen LogP contribution in [0.4, 0.5) is 10.5 Å². The largest absolute Gasteiger partial charge is 0.347 e. The van der Waals surface area contributed by atoms with E-state index in [2.05, 4.69) is 33.4 Å². The number of rotatable bonds is 4. The Kier molecular flexibility index (Phi) is 4.82. The highest BCUT2D eigenvalue weighted by Crippen LogP contribution is 2.19. The number of halogens is 1. The molecule has 3 rings (SSSR count). The van der Waals surface area contributed by atoms with Crippen molar-refractivity contribution < 1.29 is 4.79 Å². The van der Waals surface area contributed by atoms with Gasteiger partial charge in [-0.2, -0.15) is 5.10 Å². The van der Waals surface area contributed by atoms with Gasteiger partial charge in [0.15, 0.2) is 0 Å². The maximum Gasteiger partial charge on any atom is 0.339 e. The van der Waals surface area contributed by atoms with Crippen LogP contribution >= 0.6 is 11.6 Å². The smallest absolute Gasteiger partial charge is 0.339 e. The molecule has 0 spiro atoms. The average molecular weight is 341 g/mol. The Morgan fingerprint density at radius 2 is 2.08 bits per heavy atom. The third-order valence-corrected chi connectivity index (χ3v) is 3.85. The first-order valence-corrected chi connectivity index (χ1v) is 7.98. The zero-order chi connectivity index (χ0) is 16.9. The summed E-state index contributed by atoms with van der Waals surface area (Å²) in [6.07, 6.45) is 3.66. The van der Waals surface area contributed by atoms with Gasteiger partial charge in [-0.05, 0) is 31.2 Å². The van der Waals surface area contributed by atoms with Gasteiger partial charge >= 0.3 is 6.03 Å². The molecule has 0 radical (unpaired) electrons. The Balaban J connectivity index is 1.69. The lowest BCUT2D eigenvalue weighted by molar-refractivity contribution is 0.252. The number of carbonyl (C=O) groups excluding carboxylic acids is 1. The highest BCUT2D eigenvalue weighted by molar-refractivity contribution is 6.30. The first-order valence-electron chi connectivity index (χ1n) is 7.61. The molecule has 24 heavy (non-hydrogen) atoms. The van der Waals surface area contributed by atoms with Crippen LogP contribution in [-0.4, -0.2) is 16.8 Å². The second-order valence-corrected chi connectivity index (χ2v) is 5.66. The highest BCUT2D eigenvalue weighted by atomic mass is 35.5. The van der Waals surface area contributed by atoms with Crippen LogP contribution in [0, 0.1) is 0 Å². The van der Waals surface area contributed by atoms with E-state index in [0.717, 1.165) is 23.0 Å². The molecule has 3 aromatic rings. The minimum atomic E-state index is -0.423. The van der Waals surface area contributed by atoms with Crippen LogP contribution in [0.1, 0.15) is 12.5 Å². The van der Waals surface area contributed by atoms with E-state index in [9.17, 15) is 4.79 Å². The molecule has 6 heteroatoms. The van der Waals surface area contributed by atoms with Gasteiger partial charge in [0.05, 0.1) is 6.21 Å². The second-order valence-electron chi connectivity index (χ2n) is 5.22. The molecule has 0 atom stereocenters. The average Bonchev–Trinajstić information content (AvgIpc) is 2.93. The number of benzene rings is 2. The van der Waals surface area contributed by atoms with E-state index in [0.29, 0.717) is 10.7 Å². The third-order valence-electron chi connectivity index (χ3n) is 3.61. The van der Waals surface area contributed by atoms with E-state index in [1.807, 2.05) is 24.4 Å². The molecular weight excluding hydrogens is 324 g/mol. The van der Waals surface area contributed by atoms with Crippen molar-refractivity contribution in [3.63, 3.8) is 0 Å². The van der Waals surface area contributed by atoms with Gasteiger partial charge in [-0.1, -0.05) is 35.9 Å². The fourth-order valence-electron chi connectivity index (χ4n) is 2.53. The lowest BCUT2D eigenvalue weighted by Gasteiger charge is -2.03. The normalized spacial score (nSPS) is 11.1. The standard InChI is InChI=1S/C18H17ClN4O/c1-2-23-12-13(16-8-3-4-9-17(16)23)11-20-22-18(24)21-15-7-5-6-14(19)10-15/h3-12H,2H2,1H3,(H2,21,22,24)/b20-11-. The Labute approximate surface area is 144 Å². The van der Waals surface area contributed by atoms with Crippen molar-refractivity contribution in [1.29, 1.82) is 0 Å². The lowest BCUT2D eigenvalue weighted by atomic mass is 10.2. The maximum absolute atomic E-state index is 11.9. The molecule has 0 bridgehead atoms. The fraction of sp³-hybridized carbons (Fsp3) is 0.111. The maximum atomic E-state index is 11.9. The Bertz CT molecular complexity index is 901. The predicted octanol–water partition coefficient (Wildman–Crippen LogP) is 4.47. The summed E-state index contributed by atoms with van der Waals surface area (Å²) < 4.78 is 2.14. The number of aryl methyl sites for hydroxylation is 1. The highest BCUT2D eigenvalue weighted by Gasteiger charge is 2.05. The molecular formula is C18H17ClN4O. The Morgan fingerprint density at radius 1 is 1.25 bits per heavy atom. The van der Waals surface area contributed by atoms with Crippen molar-refractivity contribution >= 4 is 40.4 Å². The number of amides is 2. The van der Waals surface area contributed by atoms with Gasteiger partial charge in [0.25, 0.3) is 0 Å². The molecule has 0 fully saturated rings. The zero-order valence-corrected chi connectivity index (χ0v) is 13.9. The van der Waals surface area contributed by atoms with Crippen LogP contribution in [0.15, 0.2) is 59.8 Å². The fourth-order valence-corrected chi connectivity index (χ4v) is 2.72. The molecule has 0 aliphatic heterocycles. The number of carbonyl (C=O) groups is 1. The summed E-state index contributed by atoms with van der Waals surface area (Å²) in [7, 11) is 0. The Morgan fingerprint density at radius 3 is 2.88 bits per heavy atom. The molecule has 0 aliphatic carbocycles. The van der Waals surface area contributed by atoms with Crippen molar-refractivity contribution in [3.8, 4) is 0 Å². The van der Waals surface area contributed by atoms with E-state index in [4.69, 9.17) is 11.6 Å². The number of fused-ring (bicyclic) bond motifs is 1. The molecule has 122 valence electrons. The monoisotopic (exact) mass is 340 g/mol. The first-order chi connectivity index (χ1) is 11.7. The van der Waals surface area contributed by atoms with Crippen LogP contribution in [0.2, 0.25) is 5.02 Å². The molecule has 2 amide bonds. The topological polar surface area (TPSA) is 58.4 Å². The van der Waals surface area contributed by atoms with Gasteiger partial charge in [0, 0.05) is 39.9 Å². The minimum Gasteiger partial charge on any atom is -0.347 e. The van der Waals surface area contributed by atoms with E-state index in [1.54, 1.807) is 30.5 Å². The van der Waals surface area contributed by atoms with E-state index >= 15 is 0 Å². The molecule has 0 unspecified atom stereocenters. The molecule has 0 saturated carbocycles. The number of nitrogens with one attached hydrogen (secondary N) is 2. The van der Waals surface area contributed by atoms with Gasteiger partial charge in [-0.15, -0.1) is 0 Å². The van der Waals surface area contributed by atoms with Crippen molar-refractivity contribution in [2.45, 2.75) is 13.5 Å². The molecule has 1 heterocycles. The lowest BCUT2D eigenvalue weighted by Crippen LogP contribution is -2.24. The number of hydrazone groups is 1. The van der Waals surface area contributed by atoms with Crippen molar-refractivity contribution in [3.05, 3.63) is 65.3 Å². The number of nitrogens with zero attached hydrogens (tertiary/aromatic N) is 2. The molecule has 2 N–H and O–H groups in total. The SMILES string of the molecule is CCn1cc(/C=N\NC(=O)Nc2cccc(Cl)c2)c2ccccc21. The van der Waals surface area contributed by atoms with Crippen LogP contribution in [-0.2, 0) is 6.54 Å². The van der Waals surface area contributed by atoms with Gasteiger partial charge in [-0.25, -0.2) is 10.2 Å². The Hall–Kier alpha value is -2.79. The number of urea groups is 1. The number of aromatic nitrogens is 1. The van der Waals surface area contributed by atoms with Crippen LogP contribution < -0.4 is 10.7 Å². The molecule has 0 saturated heterocycles. The second kappa shape index (κ2) is 7.19. The summed E-state index contributed by atoms with van der Waals surface area (Å²) in [6, 6.07) is 14.6.